The predicted octanol–water partition coefficient (Wildman–Crippen LogP) is 1.67. The van der Waals surface area contributed by atoms with E-state index in [1.807, 2.05) is 0 Å². The summed E-state index contributed by atoms with van der Waals surface area (Å²) in [6.07, 6.45) is 0.0902. The van der Waals surface area contributed by atoms with Gasteiger partial charge in [0.05, 0.1) is 4.90 Å². The molecule has 1 saturated heterocycles. The average molecular weight is 389 g/mol. The lowest BCUT2D eigenvalue weighted by molar-refractivity contribution is -0.138. The summed E-state index contributed by atoms with van der Waals surface area (Å²) in [5.74, 6) is -1.32. The van der Waals surface area contributed by atoms with E-state index in [4.69, 9.17) is 16.7 Å². The van der Waals surface area contributed by atoms with E-state index >= 15 is 0 Å². The summed E-state index contributed by atoms with van der Waals surface area (Å²) in [5, 5.41) is 9.21. The molecule has 138 valence electrons. The molecule has 0 radical (unpaired) electrons. The van der Waals surface area contributed by atoms with Crippen LogP contribution in [0.3, 0.4) is 0 Å². The minimum absolute atomic E-state index is 0.0589. The first-order valence-electron chi connectivity index (χ1n) is 7.95. The standard InChI is InChI=1S/C16H21ClN2O5S/c1-12(11-16(21)22)10-15(20)18-6-8-19(9-7-18)25(23,24)14-4-2-13(17)3-5-14/h2-5,12H,6-11H2,1H3,(H,21,22)/t12-/m0/s1. The van der Waals surface area contributed by atoms with Gasteiger partial charge in [-0.05, 0) is 30.2 Å². The minimum Gasteiger partial charge on any atom is -0.481 e. The Kier molecular flexibility index (Phi) is 6.42. The van der Waals surface area contributed by atoms with Crippen molar-refractivity contribution in [2.45, 2.75) is 24.7 Å². The molecule has 1 aromatic carbocycles. The lowest BCUT2D eigenvalue weighted by Gasteiger charge is -2.34. The second kappa shape index (κ2) is 8.16. The number of amides is 1. The van der Waals surface area contributed by atoms with E-state index in [1.165, 1.54) is 28.6 Å². The van der Waals surface area contributed by atoms with E-state index in [-0.39, 0.29) is 42.7 Å². The summed E-state index contributed by atoms with van der Waals surface area (Å²) >= 11 is 5.79. The largest absolute Gasteiger partial charge is 0.481 e. The number of carboxylic acid groups (broad SMARTS) is 1. The second-order valence-electron chi connectivity index (χ2n) is 6.15. The van der Waals surface area contributed by atoms with Crippen LogP contribution >= 0.6 is 11.6 Å². The zero-order valence-electron chi connectivity index (χ0n) is 13.9. The molecule has 0 aliphatic carbocycles. The maximum Gasteiger partial charge on any atom is 0.303 e. The molecule has 0 aromatic heterocycles. The third-order valence-corrected chi connectivity index (χ3v) is 6.25. The number of hydrogen-bond donors (Lipinski definition) is 1. The Morgan fingerprint density at radius 2 is 1.68 bits per heavy atom. The minimum atomic E-state index is -3.61. The number of carboxylic acids is 1. The van der Waals surface area contributed by atoms with Crippen molar-refractivity contribution in [2.24, 2.45) is 5.92 Å². The van der Waals surface area contributed by atoms with Crippen molar-refractivity contribution in [2.75, 3.05) is 26.2 Å². The number of benzene rings is 1. The molecule has 0 unspecified atom stereocenters. The topological polar surface area (TPSA) is 95.0 Å². The zero-order chi connectivity index (χ0) is 18.6. The molecule has 0 bridgehead atoms. The zero-order valence-corrected chi connectivity index (χ0v) is 15.5. The molecular weight excluding hydrogens is 368 g/mol. The molecule has 1 N–H and O–H groups in total. The van der Waals surface area contributed by atoms with Gasteiger partial charge in [-0.3, -0.25) is 9.59 Å². The van der Waals surface area contributed by atoms with Crippen molar-refractivity contribution in [3.05, 3.63) is 29.3 Å². The van der Waals surface area contributed by atoms with Gasteiger partial charge in [-0.25, -0.2) is 8.42 Å². The third kappa shape index (κ3) is 5.17. The van der Waals surface area contributed by atoms with Crippen molar-refractivity contribution in [1.82, 2.24) is 9.21 Å². The lowest BCUT2D eigenvalue weighted by atomic mass is 10.0. The van der Waals surface area contributed by atoms with Crippen molar-refractivity contribution in [3.8, 4) is 0 Å². The average Bonchev–Trinajstić information content (AvgIpc) is 2.54. The molecule has 7 nitrogen and oxygen atoms in total. The molecule has 1 heterocycles. The van der Waals surface area contributed by atoms with Crippen LogP contribution in [-0.4, -0.2) is 60.8 Å². The highest BCUT2D eigenvalue weighted by atomic mass is 35.5. The SMILES string of the molecule is C[C@H](CC(=O)O)CC(=O)N1CCN(S(=O)(=O)c2ccc(Cl)cc2)CC1. The first-order valence-corrected chi connectivity index (χ1v) is 9.77. The second-order valence-corrected chi connectivity index (χ2v) is 8.52. The lowest BCUT2D eigenvalue weighted by Crippen LogP contribution is -2.50. The number of aliphatic carboxylic acids is 1. The van der Waals surface area contributed by atoms with E-state index in [0.717, 1.165) is 0 Å². The molecule has 0 saturated carbocycles. The van der Waals surface area contributed by atoms with Crippen molar-refractivity contribution >= 4 is 33.5 Å². The molecule has 0 spiro atoms. The molecule has 1 atom stereocenters. The molecule has 1 aliphatic heterocycles. The third-order valence-electron chi connectivity index (χ3n) is 4.09. The summed E-state index contributed by atoms with van der Waals surface area (Å²) in [6, 6.07) is 5.97. The summed E-state index contributed by atoms with van der Waals surface area (Å²) in [5.41, 5.74) is 0. The maximum absolute atomic E-state index is 12.6. The maximum atomic E-state index is 12.6. The molecular formula is C16H21ClN2O5S. The van der Waals surface area contributed by atoms with Crippen molar-refractivity contribution in [3.63, 3.8) is 0 Å². The van der Waals surface area contributed by atoms with Crippen LogP contribution in [0.5, 0.6) is 0 Å². The number of rotatable bonds is 6. The Balaban J connectivity index is 1.93. The molecule has 1 fully saturated rings. The summed E-state index contributed by atoms with van der Waals surface area (Å²) in [7, 11) is -3.61. The Bertz CT molecular complexity index is 727. The molecule has 25 heavy (non-hydrogen) atoms. The molecule has 1 amide bonds. The van der Waals surface area contributed by atoms with Gasteiger partial charge in [0.2, 0.25) is 15.9 Å². The molecule has 1 aliphatic rings. The smallest absolute Gasteiger partial charge is 0.303 e. The Morgan fingerprint density at radius 3 is 2.20 bits per heavy atom. The van der Waals surface area contributed by atoms with Gasteiger partial charge in [0.15, 0.2) is 0 Å². The highest BCUT2D eigenvalue weighted by molar-refractivity contribution is 7.89. The van der Waals surface area contributed by atoms with Crippen LogP contribution in [0.4, 0.5) is 0 Å². The van der Waals surface area contributed by atoms with Crippen LogP contribution in [0.15, 0.2) is 29.2 Å². The van der Waals surface area contributed by atoms with Crippen LogP contribution in [0, 0.1) is 5.92 Å². The van der Waals surface area contributed by atoms with Crippen LogP contribution in [0.25, 0.3) is 0 Å². The number of nitrogens with zero attached hydrogens (tertiary/aromatic N) is 2. The van der Waals surface area contributed by atoms with E-state index in [9.17, 15) is 18.0 Å². The number of sulfonamides is 1. The van der Waals surface area contributed by atoms with Crippen LogP contribution < -0.4 is 0 Å². The van der Waals surface area contributed by atoms with Gasteiger partial charge in [-0.1, -0.05) is 18.5 Å². The van der Waals surface area contributed by atoms with Gasteiger partial charge in [0, 0.05) is 44.0 Å². The van der Waals surface area contributed by atoms with E-state index in [2.05, 4.69) is 0 Å². The number of carbonyl (C=O) groups excluding carboxylic acids is 1. The van der Waals surface area contributed by atoms with Crippen LogP contribution in [-0.2, 0) is 19.6 Å². The summed E-state index contributed by atoms with van der Waals surface area (Å²) in [4.78, 5) is 24.6. The van der Waals surface area contributed by atoms with Gasteiger partial charge in [-0.2, -0.15) is 4.31 Å². The van der Waals surface area contributed by atoms with E-state index < -0.39 is 16.0 Å². The normalized spacial score (nSPS) is 17.3. The van der Waals surface area contributed by atoms with Crippen molar-refractivity contribution in [1.29, 1.82) is 0 Å². The predicted molar refractivity (Wildman–Crippen MR) is 92.8 cm³/mol. The van der Waals surface area contributed by atoms with E-state index in [1.54, 1.807) is 11.8 Å². The van der Waals surface area contributed by atoms with Gasteiger partial charge >= 0.3 is 5.97 Å². The van der Waals surface area contributed by atoms with Crippen molar-refractivity contribution < 1.29 is 23.1 Å². The number of hydrogen-bond acceptors (Lipinski definition) is 4. The summed E-state index contributed by atoms with van der Waals surface area (Å²) < 4.78 is 26.5. The first kappa shape index (κ1) is 19.7. The Hall–Kier alpha value is -1.64. The monoisotopic (exact) mass is 388 g/mol. The van der Waals surface area contributed by atoms with Gasteiger partial charge in [0.1, 0.15) is 0 Å². The molecule has 9 heteroatoms. The quantitative estimate of drug-likeness (QED) is 0.799. The number of piperazine rings is 1. The number of halogens is 1. The van der Waals surface area contributed by atoms with Gasteiger partial charge < -0.3 is 10.0 Å². The van der Waals surface area contributed by atoms with Crippen LogP contribution in [0.2, 0.25) is 5.02 Å². The molecule has 2 rings (SSSR count). The fraction of sp³-hybridized carbons (Fsp3) is 0.500. The Labute approximate surface area is 152 Å². The highest BCUT2D eigenvalue weighted by Crippen LogP contribution is 2.20. The highest BCUT2D eigenvalue weighted by Gasteiger charge is 2.30. The Morgan fingerprint density at radius 1 is 1.12 bits per heavy atom. The van der Waals surface area contributed by atoms with E-state index in [0.29, 0.717) is 18.1 Å². The summed E-state index contributed by atoms with van der Waals surface area (Å²) in [6.45, 7) is 2.73. The number of carbonyl (C=O) groups is 2. The fourth-order valence-corrected chi connectivity index (χ4v) is 4.28. The van der Waals surface area contributed by atoms with Gasteiger partial charge in [-0.15, -0.1) is 0 Å². The fourth-order valence-electron chi connectivity index (χ4n) is 2.73. The van der Waals surface area contributed by atoms with Crippen LogP contribution in [0.1, 0.15) is 19.8 Å². The molecule has 1 aromatic rings. The van der Waals surface area contributed by atoms with Gasteiger partial charge in [0.25, 0.3) is 0 Å². The first-order chi connectivity index (χ1) is 11.7.